The van der Waals surface area contributed by atoms with Crippen molar-refractivity contribution in [1.82, 2.24) is 0 Å². The second-order valence-corrected chi connectivity index (χ2v) is 5.01. The predicted octanol–water partition coefficient (Wildman–Crippen LogP) is 3.84. The summed E-state index contributed by atoms with van der Waals surface area (Å²) in [7, 11) is 0. The van der Waals surface area contributed by atoms with Gasteiger partial charge in [-0.25, -0.2) is 4.40 Å². The number of phenols is 1. The van der Waals surface area contributed by atoms with Crippen molar-refractivity contribution < 1.29 is 5.11 Å². The van der Waals surface area contributed by atoms with Gasteiger partial charge in [0.25, 0.3) is 0 Å². The average molecular weight is 273 g/mol. The Morgan fingerprint density at radius 3 is 2.44 bits per heavy atom. The molecule has 0 saturated carbocycles. The quantitative estimate of drug-likeness (QED) is 0.524. The van der Waals surface area contributed by atoms with Gasteiger partial charge in [-0.1, -0.05) is 54.7 Å². The molecule has 0 atom stereocenters. The Labute approximate surface area is 116 Å². The molecule has 0 aliphatic heterocycles. The Hall–Kier alpha value is -1.65. The third-order valence-corrected chi connectivity index (χ3v) is 3.35. The normalized spacial score (nSPS) is 10.7. The number of hydrogen-bond acceptors (Lipinski definition) is 4. The van der Waals surface area contributed by atoms with E-state index >= 15 is 0 Å². The van der Waals surface area contributed by atoms with E-state index in [2.05, 4.69) is 4.40 Å². The van der Waals surface area contributed by atoms with E-state index in [1.54, 1.807) is 24.4 Å². The van der Waals surface area contributed by atoms with Gasteiger partial charge in [-0.2, -0.15) is 0 Å². The second-order valence-electron chi connectivity index (χ2n) is 3.54. The molecule has 1 N–H and O–H groups in total. The van der Waals surface area contributed by atoms with Gasteiger partial charge in [0.05, 0.1) is 0 Å². The summed E-state index contributed by atoms with van der Waals surface area (Å²) in [6.45, 7) is 0. The zero-order valence-electron chi connectivity index (χ0n) is 9.48. The van der Waals surface area contributed by atoms with E-state index in [9.17, 15) is 5.11 Å². The molecule has 90 valence electrons. The lowest BCUT2D eigenvalue weighted by atomic mass is 10.2. The minimum atomic E-state index is 0.215. The SMILES string of the molecule is Oc1ccccc1C=NSC(=S)c1ccccc1. The maximum atomic E-state index is 9.56. The molecule has 2 nitrogen and oxygen atoms in total. The summed E-state index contributed by atoms with van der Waals surface area (Å²) in [4.78, 5) is 0. The fourth-order valence-electron chi connectivity index (χ4n) is 1.35. The average Bonchev–Trinajstić information content (AvgIpc) is 2.42. The van der Waals surface area contributed by atoms with Crippen LogP contribution in [0, 0.1) is 0 Å². The van der Waals surface area contributed by atoms with Crippen molar-refractivity contribution in [2.75, 3.05) is 0 Å². The first-order valence-corrected chi connectivity index (χ1v) is 6.53. The van der Waals surface area contributed by atoms with E-state index < -0.39 is 0 Å². The standard InChI is InChI=1S/C14H11NOS2/c16-13-9-5-4-8-12(13)10-15-18-14(17)11-6-2-1-3-7-11/h1-10,16H. The summed E-state index contributed by atoms with van der Waals surface area (Å²) >= 11 is 6.48. The number of thiocarbonyl (C=S) groups is 1. The van der Waals surface area contributed by atoms with Crippen LogP contribution in [0.2, 0.25) is 0 Å². The lowest BCUT2D eigenvalue weighted by Gasteiger charge is -1.99. The van der Waals surface area contributed by atoms with Crippen LogP contribution < -0.4 is 0 Å². The molecule has 0 aliphatic rings. The van der Waals surface area contributed by atoms with Crippen molar-refractivity contribution in [2.45, 2.75) is 0 Å². The first-order valence-electron chi connectivity index (χ1n) is 5.35. The van der Waals surface area contributed by atoms with Gasteiger partial charge in [-0.05, 0) is 12.1 Å². The third kappa shape index (κ3) is 3.42. The third-order valence-electron chi connectivity index (χ3n) is 2.27. The molecule has 4 heteroatoms. The molecule has 2 aromatic carbocycles. The molecule has 2 aromatic rings. The molecule has 0 aromatic heterocycles. The highest BCUT2D eigenvalue weighted by Gasteiger charge is 2.00. The van der Waals surface area contributed by atoms with Crippen molar-refractivity contribution in [3.05, 3.63) is 65.7 Å². The molecule has 0 saturated heterocycles. The highest BCUT2D eigenvalue weighted by Crippen LogP contribution is 2.17. The van der Waals surface area contributed by atoms with Crippen molar-refractivity contribution in [3.63, 3.8) is 0 Å². The minimum Gasteiger partial charge on any atom is -0.507 e. The molecule has 0 spiro atoms. The zero-order chi connectivity index (χ0) is 12.8. The van der Waals surface area contributed by atoms with E-state index in [4.69, 9.17) is 12.2 Å². The van der Waals surface area contributed by atoms with Crippen LogP contribution in [0.5, 0.6) is 5.75 Å². The summed E-state index contributed by atoms with van der Waals surface area (Å²) in [6.07, 6.45) is 1.61. The number of hydrogen-bond donors (Lipinski definition) is 1. The van der Waals surface area contributed by atoms with Gasteiger partial charge in [0.15, 0.2) is 0 Å². The van der Waals surface area contributed by atoms with Crippen molar-refractivity contribution >= 4 is 34.6 Å². The van der Waals surface area contributed by atoms with Crippen LogP contribution in [-0.4, -0.2) is 15.5 Å². The van der Waals surface area contributed by atoms with Crippen molar-refractivity contribution in [1.29, 1.82) is 0 Å². The first-order chi connectivity index (χ1) is 8.77. The lowest BCUT2D eigenvalue weighted by Crippen LogP contribution is -1.89. The highest BCUT2D eigenvalue weighted by atomic mass is 32.2. The number of aromatic hydroxyl groups is 1. The molecular weight excluding hydrogens is 262 g/mol. The molecule has 0 heterocycles. The Morgan fingerprint density at radius 2 is 1.72 bits per heavy atom. The van der Waals surface area contributed by atoms with E-state index in [0.717, 1.165) is 5.56 Å². The van der Waals surface area contributed by atoms with E-state index in [1.807, 2.05) is 36.4 Å². The fourth-order valence-corrected chi connectivity index (χ4v) is 2.12. The first kappa shape index (κ1) is 12.8. The van der Waals surface area contributed by atoms with E-state index in [1.165, 1.54) is 11.9 Å². The maximum Gasteiger partial charge on any atom is 0.124 e. The molecule has 0 unspecified atom stereocenters. The predicted molar refractivity (Wildman–Crippen MR) is 81.4 cm³/mol. The van der Waals surface area contributed by atoms with Crippen LogP contribution in [0.3, 0.4) is 0 Å². The van der Waals surface area contributed by atoms with Crippen LogP contribution >= 0.6 is 24.2 Å². The number of phenolic OH excluding ortho intramolecular Hbond substituents is 1. The zero-order valence-corrected chi connectivity index (χ0v) is 11.1. The van der Waals surface area contributed by atoms with Gasteiger partial charge < -0.3 is 5.11 Å². The fraction of sp³-hybridized carbons (Fsp3) is 0. The molecule has 18 heavy (non-hydrogen) atoms. The summed E-state index contributed by atoms with van der Waals surface area (Å²) in [5.74, 6) is 0.215. The molecule has 2 rings (SSSR count). The number of para-hydroxylation sites is 1. The summed E-state index contributed by atoms with van der Waals surface area (Å²) in [6, 6.07) is 16.8. The molecule has 0 bridgehead atoms. The van der Waals surface area contributed by atoms with Gasteiger partial charge >= 0.3 is 0 Å². The summed E-state index contributed by atoms with van der Waals surface area (Å²) in [5.41, 5.74) is 1.66. The van der Waals surface area contributed by atoms with Crippen LogP contribution in [-0.2, 0) is 0 Å². The topological polar surface area (TPSA) is 32.6 Å². The Morgan fingerprint density at radius 1 is 1.06 bits per heavy atom. The second kappa shape index (κ2) is 6.33. The molecular formula is C14H11NOS2. The Kier molecular flexibility index (Phi) is 4.50. The van der Waals surface area contributed by atoms with Gasteiger partial charge in [-0.15, -0.1) is 0 Å². The molecule has 0 radical (unpaired) electrons. The lowest BCUT2D eigenvalue weighted by molar-refractivity contribution is 0.474. The summed E-state index contributed by atoms with van der Waals surface area (Å²) < 4.78 is 4.88. The summed E-state index contributed by atoms with van der Waals surface area (Å²) in [5, 5.41) is 9.56. The monoisotopic (exact) mass is 273 g/mol. The van der Waals surface area contributed by atoms with Gasteiger partial charge in [0.2, 0.25) is 0 Å². The van der Waals surface area contributed by atoms with Gasteiger partial charge in [0.1, 0.15) is 9.95 Å². The molecule has 0 fully saturated rings. The van der Waals surface area contributed by atoms with Crippen molar-refractivity contribution in [2.24, 2.45) is 4.40 Å². The minimum absolute atomic E-state index is 0.215. The molecule has 0 amide bonds. The molecule has 0 aliphatic carbocycles. The Balaban J connectivity index is 2.00. The van der Waals surface area contributed by atoms with E-state index in [-0.39, 0.29) is 5.75 Å². The number of benzene rings is 2. The van der Waals surface area contributed by atoms with Crippen molar-refractivity contribution in [3.8, 4) is 5.75 Å². The number of rotatable bonds is 3. The highest BCUT2D eigenvalue weighted by molar-refractivity contribution is 8.22. The Bertz CT molecular complexity index is 567. The van der Waals surface area contributed by atoms with Gasteiger partial charge in [0, 0.05) is 29.3 Å². The number of nitrogens with zero attached hydrogens (tertiary/aromatic N) is 1. The van der Waals surface area contributed by atoms with E-state index in [0.29, 0.717) is 9.76 Å². The van der Waals surface area contributed by atoms with Crippen LogP contribution in [0.25, 0.3) is 0 Å². The van der Waals surface area contributed by atoms with Crippen LogP contribution in [0.1, 0.15) is 11.1 Å². The van der Waals surface area contributed by atoms with Gasteiger partial charge in [-0.3, -0.25) is 0 Å². The van der Waals surface area contributed by atoms with Crippen LogP contribution in [0.15, 0.2) is 59.0 Å². The smallest absolute Gasteiger partial charge is 0.124 e. The largest absolute Gasteiger partial charge is 0.507 e. The maximum absolute atomic E-state index is 9.56. The van der Waals surface area contributed by atoms with Crippen LogP contribution in [0.4, 0.5) is 0 Å².